The molecular weight excluding hydrogens is 483 g/mol. The zero-order valence-corrected chi connectivity index (χ0v) is 19.2. The van der Waals surface area contributed by atoms with Crippen LogP contribution in [-0.4, -0.2) is 59.5 Å². The van der Waals surface area contributed by atoms with Crippen molar-refractivity contribution in [2.75, 3.05) is 26.2 Å². The molecule has 0 bridgehead atoms. The number of carbonyl (C=O) groups is 1. The average Bonchev–Trinajstić information content (AvgIpc) is 3.23. The summed E-state index contributed by atoms with van der Waals surface area (Å²) < 4.78 is 28.8. The summed E-state index contributed by atoms with van der Waals surface area (Å²) >= 11 is 18.4. The molecule has 4 rings (SSSR count). The Morgan fingerprint density at radius 3 is 2.13 bits per heavy atom. The van der Waals surface area contributed by atoms with E-state index in [1.807, 2.05) is 12.1 Å². The molecule has 31 heavy (non-hydrogen) atoms. The van der Waals surface area contributed by atoms with Gasteiger partial charge in [0, 0.05) is 32.4 Å². The molecule has 1 amide bonds. The lowest BCUT2D eigenvalue weighted by atomic mass is 10.2. The molecule has 0 atom stereocenters. The number of nitrogens with zero attached hydrogens (tertiary/aromatic N) is 4. The zero-order chi connectivity index (χ0) is 22.2. The molecule has 1 fully saturated rings. The number of halogens is 3. The predicted octanol–water partition coefficient (Wildman–Crippen LogP) is 3.98. The molecule has 3 aromatic rings. The highest BCUT2D eigenvalue weighted by molar-refractivity contribution is 7.89. The molecule has 1 aromatic heterocycles. The molecule has 2 heterocycles. The highest BCUT2D eigenvalue weighted by Crippen LogP contribution is 2.32. The normalized spacial score (nSPS) is 15.3. The Hall–Kier alpha value is -2.10. The lowest BCUT2D eigenvalue weighted by Crippen LogP contribution is -2.50. The van der Waals surface area contributed by atoms with E-state index >= 15 is 0 Å². The monoisotopic (exact) mass is 498 g/mol. The van der Waals surface area contributed by atoms with Crippen LogP contribution in [0.1, 0.15) is 10.4 Å². The van der Waals surface area contributed by atoms with E-state index in [-0.39, 0.29) is 47.0 Å². The third-order valence-corrected chi connectivity index (χ3v) is 8.15. The second kappa shape index (κ2) is 8.80. The number of piperazine rings is 1. The first kappa shape index (κ1) is 22.1. The molecule has 0 N–H and O–H groups in total. The van der Waals surface area contributed by atoms with Gasteiger partial charge in [-0.25, -0.2) is 13.1 Å². The molecule has 0 saturated carbocycles. The summed E-state index contributed by atoms with van der Waals surface area (Å²) in [6, 6.07) is 11.7. The van der Waals surface area contributed by atoms with Crippen molar-refractivity contribution in [3.63, 3.8) is 0 Å². The van der Waals surface area contributed by atoms with Crippen LogP contribution in [0.25, 0.3) is 5.69 Å². The third-order valence-electron chi connectivity index (χ3n) is 4.97. The van der Waals surface area contributed by atoms with Crippen molar-refractivity contribution in [1.82, 2.24) is 19.0 Å². The van der Waals surface area contributed by atoms with E-state index in [2.05, 4.69) is 5.10 Å². The van der Waals surface area contributed by atoms with Gasteiger partial charge >= 0.3 is 0 Å². The van der Waals surface area contributed by atoms with E-state index in [4.69, 9.17) is 34.8 Å². The molecule has 0 spiro atoms. The van der Waals surface area contributed by atoms with Gasteiger partial charge in [-0.2, -0.15) is 9.40 Å². The summed E-state index contributed by atoms with van der Waals surface area (Å²) in [7, 11) is -3.87. The number of sulfonamides is 1. The molecule has 0 unspecified atom stereocenters. The summed E-state index contributed by atoms with van der Waals surface area (Å²) in [5.74, 6) is -0.230. The number of hydrogen-bond acceptors (Lipinski definition) is 4. The molecule has 0 radical (unpaired) electrons. The number of aromatic nitrogens is 2. The topological polar surface area (TPSA) is 75.5 Å². The van der Waals surface area contributed by atoms with Crippen LogP contribution >= 0.6 is 34.8 Å². The Kier molecular flexibility index (Phi) is 6.27. The van der Waals surface area contributed by atoms with Gasteiger partial charge in [-0.3, -0.25) is 4.79 Å². The first-order valence-electron chi connectivity index (χ1n) is 9.32. The third kappa shape index (κ3) is 4.31. The lowest BCUT2D eigenvalue weighted by Gasteiger charge is -2.34. The van der Waals surface area contributed by atoms with Gasteiger partial charge in [-0.1, -0.05) is 53.0 Å². The quantitative estimate of drug-likeness (QED) is 0.544. The number of carbonyl (C=O) groups excluding carboxylic acids is 1. The fourth-order valence-electron chi connectivity index (χ4n) is 3.37. The van der Waals surface area contributed by atoms with Crippen molar-refractivity contribution in [2.45, 2.75) is 4.90 Å². The smallest absolute Gasteiger partial charge is 0.257 e. The molecule has 1 saturated heterocycles. The SMILES string of the molecule is O=C(c1cnn(-c2ccccc2Cl)c1)N1CCN(S(=O)(=O)c2c(Cl)cccc2Cl)CC1. The van der Waals surface area contributed by atoms with Crippen LogP contribution in [0, 0.1) is 0 Å². The van der Waals surface area contributed by atoms with Gasteiger partial charge in [-0.05, 0) is 24.3 Å². The summed E-state index contributed by atoms with van der Waals surface area (Å²) in [4.78, 5) is 14.4. The minimum atomic E-state index is -3.87. The fraction of sp³-hybridized carbons (Fsp3) is 0.200. The molecule has 162 valence electrons. The maximum Gasteiger partial charge on any atom is 0.257 e. The van der Waals surface area contributed by atoms with Crippen LogP contribution < -0.4 is 0 Å². The molecule has 1 aliphatic rings. The standard InChI is InChI=1S/C20H17Cl3N4O3S/c21-15-4-1-2-7-18(15)27-13-14(12-24-27)20(28)25-8-10-26(11-9-25)31(29,30)19-16(22)5-3-6-17(19)23/h1-7,12-13H,8-11H2. The van der Waals surface area contributed by atoms with Gasteiger partial charge in [0.05, 0.1) is 32.5 Å². The van der Waals surface area contributed by atoms with Crippen LogP contribution in [0.4, 0.5) is 0 Å². The molecule has 7 nitrogen and oxygen atoms in total. The Bertz CT molecular complexity index is 1220. The van der Waals surface area contributed by atoms with E-state index in [1.54, 1.807) is 29.3 Å². The van der Waals surface area contributed by atoms with Crippen LogP contribution in [-0.2, 0) is 10.0 Å². The molecule has 11 heteroatoms. The van der Waals surface area contributed by atoms with Crippen LogP contribution in [0.2, 0.25) is 15.1 Å². The minimum absolute atomic E-state index is 0.0676. The van der Waals surface area contributed by atoms with E-state index in [1.165, 1.54) is 27.3 Å². The molecule has 1 aliphatic heterocycles. The fourth-order valence-corrected chi connectivity index (χ4v) is 6.11. The van der Waals surface area contributed by atoms with E-state index in [9.17, 15) is 13.2 Å². The van der Waals surface area contributed by atoms with Crippen molar-refractivity contribution in [3.8, 4) is 5.69 Å². The Labute approximate surface area is 194 Å². The zero-order valence-electron chi connectivity index (χ0n) is 16.1. The minimum Gasteiger partial charge on any atom is -0.336 e. The molecule has 0 aliphatic carbocycles. The van der Waals surface area contributed by atoms with Gasteiger partial charge in [0.25, 0.3) is 5.91 Å². The van der Waals surface area contributed by atoms with Crippen molar-refractivity contribution in [3.05, 3.63) is 75.5 Å². The van der Waals surface area contributed by atoms with Crippen LogP contribution in [0.15, 0.2) is 59.8 Å². The first-order valence-corrected chi connectivity index (χ1v) is 11.9. The van der Waals surface area contributed by atoms with Crippen molar-refractivity contribution in [1.29, 1.82) is 0 Å². The summed E-state index contributed by atoms with van der Waals surface area (Å²) in [5, 5.41) is 4.88. The highest BCUT2D eigenvalue weighted by Gasteiger charge is 2.33. The van der Waals surface area contributed by atoms with Gasteiger partial charge < -0.3 is 4.90 Å². The Morgan fingerprint density at radius 1 is 0.871 bits per heavy atom. The van der Waals surface area contributed by atoms with Gasteiger partial charge in [0.1, 0.15) is 4.90 Å². The van der Waals surface area contributed by atoms with Crippen molar-refractivity contribution in [2.24, 2.45) is 0 Å². The summed E-state index contributed by atoms with van der Waals surface area (Å²) in [6.07, 6.45) is 3.08. The van der Waals surface area contributed by atoms with Crippen molar-refractivity contribution >= 4 is 50.7 Å². The second-order valence-electron chi connectivity index (χ2n) is 6.87. The van der Waals surface area contributed by atoms with Gasteiger partial charge in [-0.15, -0.1) is 0 Å². The van der Waals surface area contributed by atoms with Crippen LogP contribution in [0.3, 0.4) is 0 Å². The molecular formula is C20H17Cl3N4O3S. The number of amides is 1. The number of hydrogen-bond donors (Lipinski definition) is 0. The Balaban J connectivity index is 1.47. The van der Waals surface area contributed by atoms with Crippen LogP contribution in [0.5, 0.6) is 0 Å². The number of benzene rings is 2. The van der Waals surface area contributed by atoms with Gasteiger partial charge in [0.2, 0.25) is 10.0 Å². The van der Waals surface area contributed by atoms with E-state index in [0.29, 0.717) is 16.3 Å². The van der Waals surface area contributed by atoms with Crippen molar-refractivity contribution < 1.29 is 13.2 Å². The lowest BCUT2D eigenvalue weighted by molar-refractivity contribution is 0.0698. The summed E-state index contributed by atoms with van der Waals surface area (Å²) in [5.41, 5.74) is 1.06. The molecule has 2 aromatic carbocycles. The number of para-hydroxylation sites is 1. The largest absolute Gasteiger partial charge is 0.336 e. The maximum atomic E-state index is 13.0. The van der Waals surface area contributed by atoms with E-state index in [0.717, 1.165) is 0 Å². The Morgan fingerprint density at radius 2 is 1.48 bits per heavy atom. The summed E-state index contributed by atoms with van der Waals surface area (Å²) in [6.45, 7) is 0.734. The second-order valence-corrected chi connectivity index (χ2v) is 9.97. The first-order chi connectivity index (χ1) is 14.8. The van der Waals surface area contributed by atoms with Gasteiger partial charge in [0.15, 0.2) is 0 Å². The maximum absolute atomic E-state index is 13.0. The highest BCUT2D eigenvalue weighted by atomic mass is 35.5. The number of rotatable bonds is 4. The van der Waals surface area contributed by atoms with E-state index < -0.39 is 10.0 Å². The average molecular weight is 500 g/mol. The predicted molar refractivity (Wildman–Crippen MR) is 120 cm³/mol.